The Hall–Kier alpha value is -1.95. The Labute approximate surface area is 98.5 Å². The second-order valence-electron chi connectivity index (χ2n) is 3.07. The van der Waals surface area contributed by atoms with E-state index in [2.05, 4.69) is 16.1 Å². The molecule has 0 saturated heterocycles. The summed E-state index contributed by atoms with van der Waals surface area (Å²) in [7, 11) is 0. The highest BCUT2D eigenvalue weighted by Crippen LogP contribution is 1.94. The highest BCUT2D eigenvalue weighted by atomic mass is 16.6. The van der Waals surface area contributed by atoms with Crippen LogP contribution in [0.25, 0.3) is 0 Å². The molecule has 0 amide bonds. The normalized spacial score (nSPS) is 10.0. The Balaban J connectivity index is 3.98. The van der Waals surface area contributed by atoms with E-state index < -0.39 is 17.9 Å². The number of carbonyl (C=O) groups is 3. The minimum absolute atomic E-state index is 0.0550. The van der Waals surface area contributed by atoms with Crippen molar-refractivity contribution in [3.63, 3.8) is 0 Å². The fourth-order valence-electron chi connectivity index (χ4n) is 0.634. The van der Waals surface area contributed by atoms with Crippen LogP contribution in [-0.4, -0.2) is 36.2 Å². The second-order valence-corrected chi connectivity index (χ2v) is 3.07. The first-order chi connectivity index (χ1) is 7.97. The molecule has 0 aliphatic carbocycles. The zero-order valence-electron chi connectivity index (χ0n) is 9.47. The Morgan fingerprint density at radius 3 is 2.35 bits per heavy atom. The number of hydrogen-bond donors (Lipinski definition) is 1. The molecule has 0 aromatic rings. The van der Waals surface area contributed by atoms with Gasteiger partial charge >= 0.3 is 17.9 Å². The van der Waals surface area contributed by atoms with Gasteiger partial charge in [-0.3, -0.25) is 0 Å². The van der Waals surface area contributed by atoms with E-state index >= 15 is 0 Å². The summed E-state index contributed by atoms with van der Waals surface area (Å²) in [6.07, 6.45) is 1.94. The number of ether oxygens (including phenoxy) is 2. The lowest BCUT2D eigenvalue weighted by atomic mass is 10.4. The number of aliphatic hydroxyl groups is 1. The van der Waals surface area contributed by atoms with Gasteiger partial charge in [-0.1, -0.05) is 6.58 Å². The van der Waals surface area contributed by atoms with Gasteiger partial charge in [-0.05, 0) is 6.92 Å². The Morgan fingerprint density at radius 2 is 1.82 bits per heavy atom. The SMILES string of the molecule is C=C(C)C(=O)OC(=O)/C=C\C(=O)OCCCO. The lowest BCUT2D eigenvalue weighted by Gasteiger charge is -1.99. The molecule has 0 spiro atoms. The van der Waals surface area contributed by atoms with Crippen molar-refractivity contribution in [2.24, 2.45) is 0 Å². The molecule has 0 aromatic heterocycles. The minimum atomic E-state index is -0.975. The van der Waals surface area contributed by atoms with E-state index in [0.717, 1.165) is 12.2 Å². The molecule has 0 aromatic carbocycles. The van der Waals surface area contributed by atoms with Crippen LogP contribution in [0.1, 0.15) is 13.3 Å². The fourth-order valence-corrected chi connectivity index (χ4v) is 0.634. The molecule has 0 fully saturated rings. The number of aliphatic hydroxyl groups excluding tert-OH is 1. The van der Waals surface area contributed by atoms with Crippen molar-refractivity contribution >= 4 is 17.9 Å². The Bertz CT molecular complexity index is 342. The Kier molecular flexibility index (Phi) is 7.29. The van der Waals surface area contributed by atoms with Gasteiger partial charge in [0.1, 0.15) is 0 Å². The molecular weight excluding hydrogens is 228 g/mol. The zero-order valence-corrected chi connectivity index (χ0v) is 9.47. The monoisotopic (exact) mass is 242 g/mol. The van der Waals surface area contributed by atoms with Crippen LogP contribution in [0.15, 0.2) is 24.3 Å². The van der Waals surface area contributed by atoms with Gasteiger partial charge in [-0.25, -0.2) is 14.4 Å². The molecule has 0 atom stereocenters. The molecule has 1 N–H and O–H groups in total. The molecule has 0 aliphatic heterocycles. The largest absolute Gasteiger partial charge is 0.462 e. The van der Waals surface area contributed by atoms with Gasteiger partial charge in [0.25, 0.3) is 0 Å². The molecule has 0 unspecified atom stereocenters. The van der Waals surface area contributed by atoms with Crippen molar-refractivity contribution in [3.05, 3.63) is 24.3 Å². The van der Waals surface area contributed by atoms with E-state index in [1.165, 1.54) is 6.92 Å². The highest BCUT2D eigenvalue weighted by molar-refractivity contribution is 6.00. The van der Waals surface area contributed by atoms with Crippen molar-refractivity contribution in [2.75, 3.05) is 13.2 Å². The number of carbonyl (C=O) groups excluding carboxylic acids is 3. The van der Waals surface area contributed by atoms with Crippen LogP contribution in [0.5, 0.6) is 0 Å². The maximum atomic E-state index is 11.0. The quantitative estimate of drug-likeness (QED) is 0.308. The third-order valence-corrected chi connectivity index (χ3v) is 1.44. The molecule has 6 heteroatoms. The van der Waals surface area contributed by atoms with Gasteiger partial charge in [-0.2, -0.15) is 0 Å². The average molecular weight is 242 g/mol. The minimum Gasteiger partial charge on any atom is -0.462 e. The molecule has 0 saturated carbocycles. The van der Waals surface area contributed by atoms with Crippen molar-refractivity contribution in [2.45, 2.75) is 13.3 Å². The van der Waals surface area contributed by atoms with Gasteiger partial charge in [0.05, 0.1) is 6.61 Å². The summed E-state index contributed by atoms with van der Waals surface area (Å²) in [4.78, 5) is 32.8. The maximum absolute atomic E-state index is 11.0. The van der Waals surface area contributed by atoms with Crippen LogP contribution in [-0.2, 0) is 23.9 Å². The van der Waals surface area contributed by atoms with Crippen LogP contribution in [0.3, 0.4) is 0 Å². The van der Waals surface area contributed by atoms with Crippen molar-refractivity contribution in [3.8, 4) is 0 Å². The van der Waals surface area contributed by atoms with Gasteiger partial charge < -0.3 is 14.6 Å². The molecule has 0 rings (SSSR count). The van der Waals surface area contributed by atoms with Crippen molar-refractivity contribution in [1.82, 2.24) is 0 Å². The van der Waals surface area contributed by atoms with Crippen LogP contribution in [0.4, 0.5) is 0 Å². The lowest BCUT2D eigenvalue weighted by molar-refractivity contribution is -0.153. The van der Waals surface area contributed by atoms with E-state index in [4.69, 9.17) is 5.11 Å². The molecule has 94 valence electrons. The third-order valence-electron chi connectivity index (χ3n) is 1.44. The van der Waals surface area contributed by atoms with E-state index in [1.807, 2.05) is 0 Å². The molecular formula is C11H14O6. The lowest BCUT2D eigenvalue weighted by Crippen LogP contribution is -2.11. The van der Waals surface area contributed by atoms with Crippen LogP contribution in [0, 0.1) is 0 Å². The van der Waals surface area contributed by atoms with Crippen molar-refractivity contribution < 1.29 is 29.0 Å². The zero-order chi connectivity index (χ0) is 13.3. The van der Waals surface area contributed by atoms with E-state index in [0.29, 0.717) is 6.42 Å². The number of hydrogen-bond acceptors (Lipinski definition) is 6. The van der Waals surface area contributed by atoms with Gasteiger partial charge in [0, 0.05) is 30.8 Å². The van der Waals surface area contributed by atoms with Crippen LogP contribution >= 0.6 is 0 Å². The smallest absolute Gasteiger partial charge is 0.340 e. The topological polar surface area (TPSA) is 89.9 Å². The number of esters is 3. The Morgan fingerprint density at radius 1 is 1.24 bits per heavy atom. The summed E-state index contributed by atoms with van der Waals surface area (Å²) in [5, 5.41) is 8.42. The maximum Gasteiger partial charge on any atom is 0.340 e. The predicted molar refractivity (Wildman–Crippen MR) is 57.7 cm³/mol. The molecule has 0 aliphatic rings. The van der Waals surface area contributed by atoms with E-state index in [1.54, 1.807) is 0 Å². The molecule has 0 heterocycles. The van der Waals surface area contributed by atoms with Crippen molar-refractivity contribution in [1.29, 1.82) is 0 Å². The summed E-state index contributed by atoms with van der Waals surface area (Å²) >= 11 is 0. The second kappa shape index (κ2) is 8.23. The van der Waals surface area contributed by atoms with E-state index in [-0.39, 0.29) is 18.8 Å². The first-order valence-corrected chi connectivity index (χ1v) is 4.84. The first kappa shape index (κ1) is 15.0. The predicted octanol–water partition coefficient (Wildman–Crippen LogP) is 0.114. The van der Waals surface area contributed by atoms with Crippen LogP contribution in [0.2, 0.25) is 0 Å². The average Bonchev–Trinajstić information content (AvgIpc) is 2.26. The summed E-state index contributed by atoms with van der Waals surface area (Å²) in [5.74, 6) is -2.58. The number of rotatable bonds is 6. The molecule has 0 radical (unpaired) electrons. The summed E-state index contributed by atoms with van der Waals surface area (Å²) in [6.45, 7) is 4.64. The molecule has 0 bridgehead atoms. The third kappa shape index (κ3) is 7.92. The summed E-state index contributed by atoms with van der Waals surface area (Å²) < 4.78 is 8.87. The summed E-state index contributed by atoms with van der Waals surface area (Å²) in [6, 6.07) is 0. The first-order valence-electron chi connectivity index (χ1n) is 4.84. The van der Waals surface area contributed by atoms with Gasteiger partial charge in [0.15, 0.2) is 0 Å². The van der Waals surface area contributed by atoms with E-state index in [9.17, 15) is 14.4 Å². The van der Waals surface area contributed by atoms with Crippen LogP contribution < -0.4 is 0 Å². The van der Waals surface area contributed by atoms with Gasteiger partial charge in [-0.15, -0.1) is 0 Å². The fraction of sp³-hybridized carbons (Fsp3) is 0.364. The summed E-state index contributed by atoms with van der Waals surface area (Å²) in [5.41, 5.74) is 0.0808. The molecule has 6 nitrogen and oxygen atoms in total. The standard InChI is InChI=1S/C11H14O6/c1-8(2)11(15)17-10(14)5-4-9(13)16-7-3-6-12/h4-5,12H,1,3,6-7H2,2H3/b5-4-. The molecule has 17 heavy (non-hydrogen) atoms. The van der Waals surface area contributed by atoms with Gasteiger partial charge in [0.2, 0.25) is 0 Å². The highest BCUT2D eigenvalue weighted by Gasteiger charge is 2.08.